The number of aryl methyl sites for hydroxylation is 4. The molecule has 0 amide bonds. The van der Waals surface area contributed by atoms with Crippen molar-refractivity contribution in [1.29, 1.82) is 0 Å². The highest BCUT2D eigenvalue weighted by Crippen LogP contribution is 2.41. The Labute approximate surface area is 806 Å². The summed E-state index contributed by atoms with van der Waals surface area (Å²) in [6.07, 6.45) is 14.2. The van der Waals surface area contributed by atoms with E-state index in [4.69, 9.17) is 0 Å². The van der Waals surface area contributed by atoms with E-state index in [2.05, 4.69) is 625 Å². The van der Waals surface area contributed by atoms with Crippen molar-refractivity contribution in [2.45, 2.75) is 53.9 Å². The average molecular weight is 1760 g/mol. The van der Waals surface area contributed by atoms with Crippen LogP contribution >= 0.6 is 0 Å². The standard InChI is InChI=1S/C36H31N.C34H29N.C32H25N.C30H29N/c1-28-16-22-33(23-17-28)37(34-24-18-29(2)19-25-34)35-26-20-30(21-27-35)10-9-15-36(31-11-5-3-6-12-31)32-13-7-4-8-14-32;1-26-13-19-31(20-14-26)35(32-21-15-27(2)16-22-32)33-23-17-28(18-24-33)25-34(29-9-5-3-6-10-29)30-11-7-4-8-12-30;1-5-13-27(14-6-1)32(28-15-7-2-8-16-28)25-26-21-23-31(24-22-26)33(29-17-9-3-10-18-29)30-19-11-4-12-20-30;1-24(2)23-31(28-16-10-5-11-17-28)29-20-18-25(19-21-29)22-30(26-12-6-3-7-13-26)27-14-8-4-9-15-27/h3-27H,1-2H3;3-25H,1-2H3;1-25H;3-21,23,30H,22H2,1-2H3. The molecule has 19 aromatic rings. The Bertz CT molecular complexity index is 6710. The highest BCUT2D eigenvalue weighted by atomic mass is 15.2. The molecule has 0 unspecified atom stereocenters. The van der Waals surface area contributed by atoms with Crippen molar-refractivity contribution in [3.8, 4) is 0 Å². The highest BCUT2D eigenvalue weighted by molar-refractivity contribution is 5.94. The van der Waals surface area contributed by atoms with Crippen molar-refractivity contribution >= 4 is 97.5 Å². The van der Waals surface area contributed by atoms with Crippen LogP contribution in [0, 0.1) is 27.7 Å². The molecule has 0 spiro atoms. The van der Waals surface area contributed by atoms with Crippen LogP contribution in [0.2, 0.25) is 0 Å². The van der Waals surface area contributed by atoms with Gasteiger partial charge in [-0.25, -0.2) is 0 Å². The predicted octanol–water partition coefficient (Wildman–Crippen LogP) is 36.1. The maximum atomic E-state index is 2.31. The van der Waals surface area contributed by atoms with E-state index in [-0.39, 0.29) is 0 Å². The maximum Gasteiger partial charge on any atom is 0.0462 e. The van der Waals surface area contributed by atoms with Crippen molar-refractivity contribution in [1.82, 2.24) is 0 Å². The molecule has 0 aliphatic heterocycles. The summed E-state index contributed by atoms with van der Waals surface area (Å²) in [5.74, 6) is 0.344. The third-order valence-corrected chi connectivity index (χ3v) is 23.8. The molecule has 0 N–H and O–H groups in total. The Kier molecular flexibility index (Phi) is 32.1. The van der Waals surface area contributed by atoms with Gasteiger partial charge >= 0.3 is 0 Å². The third-order valence-electron chi connectivity index (χ3n) is 23.8. The van der Waals surface area contributed by atoms with Gasteiger partial charge in [0.2, 0.25) is 0 Å². The molecule has 0 saturated carbocycles. The van der Waals surface area contributed by atoms with E-state index < -0.39 is 0 Å². The van der Waals surface area contributed by atoms with Crippen LogP contribution in [0.4, 0.5) is 62.6 Å². The smallest absolute Gasteiger partial charge is 0.0462 e. The number of anilines is 11. The minimum Gasteiger partial charge on any atom is -0.317 e. The fourth-order valence-electron chi connectivity index (χ4n) is 16.7. The molecule has 136 heavy (non-hydrogen) atoms. The maximum absolute atomic E-state index is 2.31. The lowest BCUT2D eigenvalue weighted by atomic mass is 9.86. The van der Waals surface area contributed by atoms with E-state index in [1.54, 1.807) is 0 Å². The zero-order valence-electron chi connectivity index (χ0n) is 78.3. The summed E-state index contributed by atoms with van der Waals surface area (Å²) in [7, 11) is 0. The van der Waals surface area contributed by atoms with E-state index >= 15 is 0 Å². The van der Waals surface area contributed by atoms with Gasteiger partial charge in [-0.2, -0.15) is 0 Å². The Hall–Kier alpha value is -16.9. The van der Waals surface area contributed by atoms with Gasteiger partial charge in [0.25, 0.3) is 0 Å². The van der Waals surface area contributed by atoms with Gasteiger partial charge in [-0.1, -0.05) is 440 Å². The van der Waals surface area contributed by atoms with Crippen LogP contribution in [0.15, 0.2) is 552 Å². The second-order valence-corrected chi connectivity index (χ2v) is 34.2. The Morgan fingerprint density at radius 2 is 0.426 bits per heavy atom. The molecule has 0 aliphatic rings. The SMILES string of the molecule is C(=C(c1ccccc1)c1ccccc1)c1ccc(N(c2ccccc2)c2ccccc2)cc1.CC(C)=CN(c1ccccc1)c1ccc(CC(c2ccccc2)c2ccccc2)cc1.Cc1ccc(N(c2ccc(C)cc2)c2ccc(C=C(c3ccccc3)c3ccccc3)cc2)cc1.Cc1ccc(N(c2ccc(C)cc2)c2ccc(C=CC=C(c3ccccc3)c3ccccc3)cc2)cc1. The zero-order chi connectivity index (χ0) is 93.3. The zero-order valence-corrected chi connectivity index (χ0v) is 78.3. The van der Waals surface area contributed by atoms with Crippen LogP contribution in [0.1, 0.15) is 109 Å². The van der Waals surface area contributed by atoms with Gasteiger partial charge in [-0.3, -0.25) is 0 Å². The number of nitrogens with zero attached hydrogens (tertiary/aromatic N) is 4. The topological polar surface area (TPSA) is 13.0 Å². The molecule has 19 rings (SSSR count). The van der Waals surface area contributed by atoms with E-state index in [9.17, 15) is 0 Å². The Morgan fingerprint density at radius 1 is 0.213 bits per heavy atom. The molecule has 0 aromatic heterocycles. The minimum absolute atomic E-state index is 0.344. The van der Waals surface area contributed by atoms with Crippen molar-refractivity contribution in [2.24, 2.45) is 0 Å². The van der Waals surface area contributed by atoms with Crippen molar-refractivity contribution < 1.29 is 0 Å². The Balaban J connectivity index is 0.000000132. The van der Waals surface area contributed by atoms with Crippen LogP contribution in [0.3, 0.4) is 0 Å². The summed E-state index contributed by atoms with van der Waals surface area (Å²) >= 11 is 0. The minimum atomic E-state index is 0.344. The largest absolute Gasteiger partial charge is 0.317 e. The monoisotopic (exact) mass is 1750 g/mol. The molecule has 4 nitrogen and oxygen atoms in total. The summed E-state index contributed by atoms with van der Waals surface area (Å²) in [5.41, 5.74) is 37.4. The van der Waals surface area contributed by atoms with Gasteiger partial charge in [-0.05, 0) is 277 Å². The van der Waals surface area contributed by atoms with Gasteiger partial charge in [0.1, 0.15) is 0 Å². The molecule has 19 aromatic carbocycles. The fraction of sp³-hybridized carbons (Fsp3) is 0.0606. The van der Waals surface area contributed by atoms with Gasteiger partial charge in [-0.15, -0.1) is 0 Å². The molecular formula is C132H114N4. The Morgan fingerprint density at radius 3 is 0.699 bits per heavy atom. The number of hydrogen-bond donors (Lipinski definition) is 0. The summed E-state index contributed by atoms with van der Waals surface area (Å²) < 4.78 is 0. The number of rotatable bonds is 26. The van der Waals surface area contributed by atoms with Crippen molar-refractivity contribution in [2.75, 3.05) is 19.6 Å². The van der Waals surface area contributed by atoms with Crippen molar-refractivity contribution in [3.63, 3.8) is 0 Å². The molecule has 0 saturated heterocycles. The van der Waals surface area contributed by atoms with E-state index in [1.807, 2.05) is 0 Å². The van der Waals surface area contributed by atoms with Crippen LogP contribution < -0.4 is 19.6 Å². The lowest BCUT2D eigenvalue weighted by Crippen LogP contribution is -2.09. The van der Waals surface area contributed by atoms with Gasteiger partial charge in [0.05, 0.1) is 0 Å². The third kappa shape index (κ3) is 25.4. The molecule has 662 valence electrons. The first kappa shape index (κ1) is 92.4. The van der Waals surface area contributed by atoms with Gasteiger partial charge in [0.15, 0.2) is 0 Å². The van der Waals surface area contributed by atoms with Gasteiger partial charge < -0.3 is 19.6 Å². The quantitative estimate of drug-likeness (QED) is 0.0396. The lowest BCUT2D eigenvalue weighted by Gasteiger charge is -2.26. The van der Waals surface area contributed by atoms with Gasteiger partial charge in [0, 0.05) is 74.7 Å². The molecule has 0 fully saturated rings. The highest BCUT2D eigenvalue weighted by Gasteiger charge is 2.20. The second kappa shape index (κ2) is 47.3. The number of benzene rings is 19. The number of allylic oxidation sites excluding steroid dienone is 3. The summed E-state index contributed by atoms with van der Waals surface area (Å²) in [4.78, 5) is 9.14. The normalized spacial score (nSPS) is 10.6. The van der Waals surface area contributed by atoms with Crippen LogP contribution in [0.5, 0.6) is 0 Å². The molecule has 0 atom stereocenters. The predicted molar refractivity (Wildman–Crippen MR) is 584 cm³/mol. The van der Waals surface area contributed by atoms with Crippen molar-refractivity contribution in [3.05, 3.63) is 641 Å². The van der Waals surface area contributed by atoms with E-state index in [0.29, 0.717) is 5.92 Å². The first-order valence-corrected chi connectivity index (χ1v) is 46.8. The number of para-hydroxylation sites is 3. The molecule has 0 aliphatic carbocycles. The molecule has 4 heteroatoms. The fourth-order valence-corrected chi connectivity index (χ4v) is 16.7. The van der Waals surface area contributed by atoms with E-state index in [1.165, 1.54) is 117 Å². The molecular weight excluding hydrogens is 1640 g/mol. The van der Waals surface area contributed by atoms with Crippen LogP contribution in [-0.4, -0.2) is 0 Å². The van der Waals surface area contributed by atoms with Crippen LogP contribution in [0.25, 0.3) is 34.9 Å². The van der Waals surface area contributed by atoms with E-state index in [0.717, 1.165) is 63.2 Å². The summed E-state index contributed by atoms with van der Waals surface area (Å²) in [6, 6.07) is 187. The summed E-state index contributed by atoms with van der Waals surface area (Å²) in [5, 5.41) is 0. The molecule has 0 radical (unpaired) electrons. The second-order valence-electron chi connectivity index (χ2n) is 34.2. The molecule has 0 bridgehead atoms. The first-order chi connectivity index (χ1) is 66.9. The first-order valence-electron chi connectivity index (χ1n) is 46.8. The lowest BCUT2D eigenvalue weighted by molar-refractivity contribution is 0.805. The summed E-state index contributed by atoms with van der Waals surface area (Å²) in [6.45, 7) is 12.8. The average Bonchev–Trinajstić information content (AvgIpc) is 0.803. The van der Waals surface area contributed by atoms with Crippen LogP contribution in [-0.2, 0) is 6.42 Å². The molecule has 0 heterocycles. The number of hydrogen-bond acceptors (Lipinski definition) is 4.